The Kier molecular flexibility index (Phi) is 7.72. The quantitative estimate of drug-likeness (QED) is 0.370. The number of anilines is 2. The molecule has 36 heavy (non-hydrogen) atoms. The smallest absolute Gasteiger partial charge is 0.242 e. The molecule has 0 unspecified atom stereocenters. The summed E-state index contributed by atoms with van der Waals surface area (Å²) in [6.07, 6.45) is 4.73. The van der Waals surface area contributed by atoms with Crippen LogP contribution in [0.4, 0.5) is 11.4 Å². The van der Waals surface area contributed by atoms with Crippen LogP contribution in [0.5, 0.6) is 0 Å². The Hall–Kier alpha value is -2.32. The number of sulfonamides is 1. The van der Waals surface area contributed by atoms with Crippen LogP contribution in [-0.4, -0.2) is 57.9 Å². The molecule has 2 aliphatic heterocycles. The number of nitrogens with zero attached hydrogens (tertiary/aromatic N) is 3. The highest BCUT2D eigenvalue weighted by Crippen LogP contribution is 2.48. The van der Waals surface area contributed by atoms with Gasteiger partial charge in [-0.1, -0.05) is 54.2 Å². The molecule has 7 heteroatoms. The molecule has 0 radical (unpaired) electrons. The lowest BCUT2D eigenvalue weighted by Gasteiger charge is -2.35. The van der Waals surface area contributed by atoms with Gasteiger partial charge in [0, 0.05) is 30.4 Å². The number of hydrogen-bond donors (Lipinski definition) is 0. The van der Waals surface area contributed by atoms with Crippen molar-refractivity contribution in [3.8, 4) is 0 Å². The predicted octanol–water partition coefficient (Wildman–Crippen LogP) is 5.88. The standard InChI is InChI=1S/C29H35N3O2S2/c1-30(2)36(33,34)25-13-14-29-27(22-25)32(26-11-6-7-12-28(26)35-29)18-8-17-31-19-15-24(16-20-31)21-23-9-4-3-5-10-23/h3-7,9-14,22,24H,8,15-21H2,1-2H3. The fraction of sp³-hybridized carbons (Fsp3) is 0.379. The average molecular weight is 522 g/mol. The van der Waals surface area contributed by atoms with Crippen LogP contribution in [-0.2, 0) is 16.4 Å². The molecule has 0 aliphatic carbocycles. The molecule has 0 N–H and O–H groups in total. The van der Waals surface area contributed by atoms with Crippen molar-refractivity contribution in [1.82, 2.24) is 9.21 Å². The molecule has 1 fully saturated rings. The fourth-order valence-corrected chi connectivity index (χ4v) is 7.23. The third-order valence-electron chi connectivity index (χ3n) is 7.31. The molecular formula is C29H35N3O2S2. The van der Waals surface area contributed by atoms with Crippen molar-refractivity contribution in [3.05, 3.63) is 78.4 Å². The third kappa shape index (κ3) is 5.49. The van der Waals surface area contributed by atoms with E-state index in [4.69, 9.17) is 0 Å². The third-order valence-corrected chi connectivity index (χ3v) is 10.2. The summed E-state index contributed by atoms with van der Waals surface area (Å²) in [7, 11) is -0.322. The van der Waals surface area contributed by atoms with Gasteiger partial charge in [-0.25, -0.2) is 12.7 Å². The monoisotopic (exact) mass is 521 g/mol. The number of fused-ring (bicyclic) bond motifs is 2. The second kappa shape index (κ2) is 11.0. The summed E-state index contributed by atoms with van der Waals surface area (Å²) in [5, 5.41) is 0. The minimum Gasteiger partial charge on any atom is -0.340 e. The van der Waals surface area contributed by atoms with Crippen LogP contribution in [0.2, 0.25) is 0 Å². The normalized spacial score (nSPS) is 16.7. The molecule has 3 aromatic carbocycles. The number of piperidine rings is 1. The maximum Gasteiger partial charge on any atom is 0.242 e. The van der Waals surface area contributed by atoms with Crippen LogP contribution in [0.1, 0.15) is 24.8 Å². The molecule has 3 aromatic rings. The Labute approximate surface area is 220 Å². The summed E-state index contributed by atoms with van der Waals surface area (Å²) in [6, 6.07) is 24.8. The van der Waals surface area contributed by atoms with E-state index in [2.05, 4.69) is 64.4 Å². The van der Waals surface area contributed by atoms with Crippen molar-refractivity contribution in [2.24, 2.45) is 5.92 Å². The van der Waals surface area contributed by atoms with E-state index in [1.54, 1.807) is 31.9 Å². The van der Waals surface area contributed by atoms with Crippen molar-refractivity contribution < 1.29 is 8.42 Å². The number of rotatable bonds is 8. The summed E-state index contributed by atoms with van der Waals surface area (Å²) in [5.41, 5.74) is 3.60. The SMILES string of the molecule is CN(C)S(=O)(=O)c1ccc2c(c1)N(CCCN1CCC(Cc3ccccc3)CC1)c1ccccc1S2. The lowest BCUT2D eigenvalue weighted by molar-refractivity contribution is 0.183. The minimum atomic E-state index is -3.49. The van der Waals surface area contributed by atoms with Crippen molar-refractivity contribution in [3.63, 3.8) is 0 Å². The second-order valence-electron chi connectivity index (χ2n) is 9.97. The van der Waals surface area contributed by atoms with Crippen LogP contribution in [0.3, 0.4) is 0 Å². The Morgan fingerprint density at radius 2 is 1.56 bits per heavy atom. The first-order valence-corrected chi connectivity index (χ1v) is 15.0. The molecule has 2 aliphatic rings. The van der Waals surface area contributed by atoms with E-state index >= 15 is 0 Å². The fourth-order valence-electron chi connectivity index (χ4n) is 5.24. The molecule has 0 amide bonds. The van der Waals surface area contributed by atoms with Gasteiger partial charge in [0.2, 0.25) is 10.0 Å². The molecule has 1 saturated heterocycles. The van der Waals surface area contributed by atoms with Gasteiger partial charge in [0.05, 0.1) is 16.3 Å². The molecule has 5 rings (SSSR count). The van der Waals surface area contributed by atoms with Gasteiger partial charge in [-0.05, 0) is 87.1 Å². The highest BCUT2D eigenvalue weighted by atomic mass is 32.2. The summed E-state index contributed by atoms with van der Waals surface area (Å²) >= 11 is 1.72. The molecular weight excluding hydrogens is 486 g/mol. The number of para-hydroxylation sites is 1. The van der Waals surface area contributed by atoms with Gasteiger partial charge in [-0.2, -0.15) is 0 Å². The van der Waals surface area contributed by atoms with Gasteiger partial charge in [0.15, 0.2) is 0 Å². The van der Waals surface area contributed by atoms with Crippen molar-refractivity contribution in [2.45, 2.75) is 40.4 Å². The van der Waals surface area contributed by atoms with E-state index in [0.717, 1.165) is 54.8 Å². The molecule has 0 bridgehead atoms. The predicted molar refractivity (Wildman–Crippen MR) is 149 cm³/mol. The Balaban J connectivity index is 1.25. The zero-order valence-corrected chi connectivity index (χ0v) is 22.8. The summed E-state index contributed by atoms with van der Waals surface area (Å²) in [5.74, 6) is 0.776. The molecule has 0 spiro atoms. The van der Waals surface area contributed by atoms with Crippen LogP contribution in [0.25, 0.3) is 0 Å². The van der Waals surface area contributed by atoms with E-state index in [9.17, 15) is 8.42 Å². The molecule has 5 nitrogen and oxygen atoms in total. The van der Waals surface area contributed by atoms with Crippen molar-refractivity contribution in [2.75, 3.05) is 45.2 Å². The maximum atomic E-state index is 12.8. The number of benzene rings is 3. The number of likely N-dealkylation sites (tertiary alicyclic amines) is 1. The summed E-state index contributed by atoms with van der Waals surface area (Å²) in [4.78, 5) is 7.58. The van der Waals surface area contributed by atoms with Gasteiger partial charge < -0.3 is 9.80 Å². The zero-order chi connectivity index (χ0) is 25.1. The minimum absolute atomic E-state index is 0.344. The molecule has 190 valence electrons. The number of hydrogen-bond acceptors (Lipinski definition) is 5. The van der Waals surface area contributed by atoms with E-state index in [-0.39, 0.29) is 0 Å². The van der Waals surface area contributed by atoms with Crippen LogP contribution in [0.15, 0.2) is 87.5 Å². The van der Waals surface area contributed by atoms with E-state index in [0.29, 0.717) is 4.90 Å². The lowest BCUT2D eigenvalue weighted by atomic mass is 9.90. The summed E-state index contributed by atoms with van der Waals surface area (Å²) in [6.45, 7) is 4.24. The zero-order valence-electron chi connectivity index (χ0n) is 21.1. The highest BCUT2D eigenvalue weighted by Gasteiger charge is 2.27. The van der Waals surface area contributed by atoms with Gasteiger partial charge in [-0.15, -0.1) is 0 Å². The van der Waals surface area contributed by atoms with Crippen molar-refractivity contribution >= 4 is 33.2 Å². The van der Waals surface area contributed by atoms with Gasteiger partial charge in [0.1, 0.15) is 0 Å². The van der Waals surface area contributed by atoms with Gasteiger partial charge >= 0.3 is 0 Å². The highest BCUT2D eigenvalue weighted by molar-refractivity contribution is 7.99. The Morgan fingerprint density at radius 3 is 2.31 bits per heavy atom. The topological polar surface area (TPSA) is 43.9 Å². The molecule has 2 heterocycles. The Bertz CT molecular complexity index is 1290. The van der Waals surface area contributed by atoms with E-state index in [1.807, 2.05) is 12.1 Å². The average Bonchev–Trinajstić information content (AvgIpc) is 2.89. The van der Waals surface area contributed by atoms with E-state index < -0.39 is 10.0 Å². The maximum absolute atomic E-state index is 12.8. The first-order valence-electron chi connectivity index (χ1n) is 12.8. The second-order valence-corrected chi connectivity index (χ2v) is 13.2. The molecule has 0 atom stereocenters. The van der Waals surface area contributed by atoms with Gasteiger partial charge in [-0.3, -0.25) is 0 Å². The summed E-state index contributed by atoms with van der Waals surface area (Å²) < 4.78 is 26.9. The van der Waals surface area contributed by atoms with Crippen molar-refractivity contribution in [1.29, 1.82) is 0 Å². The first kappa shape index (κ1) is 25.3. The molecule has 0 saturated carbocycles. The molecule has 0 aromatic heterocycles. The largest absolute Gasteiger partial charge is 0.340 e. The Morgan fingerprint density at radius 1 is 0.861 bits per heavy atom. The van der Waals surface area contributed by atoms with Gasteiger partial charge in [0.25, 0.3) is 0 Å². The van der Waals surface area contributed by atoms with E-state index in [1.165, 1.54) is 34.0 Å². The van der Waals surface area contributed by atoms with Crippen LogP contribution in [0, 0.1) is 5.92 Å². The first-order chi connectivity index (χ1) is 17.4. The lowest BCUT2D eigenvalue weighted by Crippen LogP contribution is -2.36. The van der Waals surface area contributed by atoms with Crippen LogP contribution >= 0.6 is 11.8 Å². The van der Waals surface area contributed by atoms with Crippen LogP contribution < -0.4 is 4.90 Å².